The average molecular weight is 361 g/mol. The van der Waals surface area contributed by atoms with Gasteiger partial charge < -0.3 is 19.8 Å². The molecule has 0 bridgehead atoms. The lowest BCUT2D eigenvalue weighted by Gasteiger charge is -2.39. The average Bonchev–Trinajstić information content (AvgIpc) is 2.29. The Morgan fingerprint density at radius 2 is 1.62 bits per heavy atom. The number of amides is 1. The van der Waals surface area contributed by atoms with Crippen LogP contribution in [0.15, 0.2) is 0 Å². The van der Waals surface area contributed by atoms with Crippen LogP contribution < -0.4 is 5.73 Å². The maximum Gasteiger partial charge on any atom is 0.410 e. The Morgan fingerprint density at radius 1 is 1.12 bits per heavy atom. The lowest BCUT2D eigenvalue weighted by atomic mass is 10.2. The van der Waals surface area contributed by atoms with Gasteiger partial charge in [0.25, 0.3) is 0 Å². The minimum atomic E-state index is -1.80. The van der Waals surface area contributed by atoms with E-state index in [1.807, 2.05) is 27.7 Å². The maximum atomic E-state index is 12.4. The van der Waals surface area contributed by atoms with Crippen LogP contribution in [-0.2, 0) is 9.16 Å². The van der Waals surface area contributed by atoms with E-state index in [9.17, 15) is 4.79 Å². The van der Waals surface area contributed by atoms with Gasteiger partial charge in [0.1, 0.15) is 5.60 Å². The number of hydrogen-bond acceptors (Lipinski definition) is 4. The topological polar surface area (TPSA) is 64.8 Å². The van der Waals surface area contributed by atoms with E-state index >= 15 is 0 Å². The first-order valence-electron chi connectivity index (χ1n) is 8.96. The van der Waals surface area contributed by atoms with E-state index in [2.05, 4.69) is 40.8 Å². The van der Waals surface area contributed by atoms with Crippen LogP contribution in [0.3, 0.4) is 0 Å². The van der Waals surface area contributed by atoms with Crippen molar-refractivity contribution in [3.8, 4) is 0 Å². The Bertz CT molecular complexity index is 398. The normalized spacial score (nSPS) is 15.8. The Kier molecular flexibility index (Phi) is 8.46. The molecule has 0 aliphatic rings. The van der Waals surface area contributed by atoms with Gasteiger partial charge in [-0.2, -0.15) is 0 Å². The van der Waals surface area contributed by atoms with Crippen LogP contribution in [0.1, 0.15) is 61.8 Å². The van der Waals surface area contributed by atoms with Gasteiger partial charge in [0.05, 0.1) is 0 Å². The standard InChI is InChI=1S/C18H40N2O3Si/c1-14(19)13-20(16(21)22-17(3,4)5)12-11-15(2)23-24(9,10)18(6,7)8/h14-15H,11-13,19H2,1-10H3/t14-,15-/m0/s1. The minimum absolute atomic E-state index is 0.0888. The lowest BCUT2D eigenvalue weighted by Crippen LogP contribution is -2.46. The van der Waals surface area contributed by atoms with Crippen molar-refractivity contribution in [1.29, 1.82) is 0 Å². The summed E-state index contributed by atoms with van der Waals surface area (Å²) in [6.45, 7) is 21.9. The van der Waals surface area contributed by atoms with Crippen molar-refractivity contribution in [3.05, 3.63) is 0 Å². The lowest BCUT2D eigenvalue weighted by molar-refractivity contribution is 0.0220. The summed E-state index contributed by atoms with van der Waals surface area (Å²) >= 11 is 0. The van der Waals surface area contributed by atoms with Crippen molar-refractivity contribution >= 4 is 14.4 Å². The molecule has 0 rings (SSSR count). The monoisotopic (exact) mass is 360 g/mol. The molecule has 0 aromatic carbocycles. The summed E-state index contributed by atoms with van der Waals surface area (Å²) in [5.74, 6) is 0. The predicted octanol–water partition coefficient (Wildman–Crippen LogP) is 4.37. The highest BCUT2D eigenvalue weighted by atomic mass is 28.4. The number of hydrogen-bond donors (Lipinski definition) is 1. The van der Waals surface area contributed by atoms with Gasteiger partial charge in [-0.25, -0.2) is 4.79 Å². The van der Waals surface area contributed by atoms with Crippen molar-refractivity contribution in [3.63, 3.8) is 0 Å². The zero-order chi connectivity index (χ0) is 19.3. The fraction of sp³-hybridized carbons (Fsp3) is 0.944. The number of carbonyl (C=O) groups is 1. The fourth-order valence-corrected chi connectivity index (χ4v) is 3.48. The SMILES string of the molecule is C[C@H](N)CN(CC[C@H](C)O[Si](C)(C)C(C)(C)C)C(=O)OC(C)(C)C. The Balaban J connectivity index is 4.74. The molecule has 0 aromatic rings. The molecule has 1 amide bonds. The van der Waals surface area contributed by atoms with Crippen LogP contribution in [0.5, 0.6) is 0 Å². The van der Waals surface area contributed by atoms with Gasteiger partial charge in [0.2, 0.25) is 0 Å². The highest BCUT2D eigenvalue weighted by Crippen LogP contribution is 2.37. The van der Waals surface area contributed by atoms with Gasteiger partial charge in [-0.05, 0) is 59.2 Å². The van der Waals surface area contributed by atoms with Crippen LogP contribution in [0, 0.1) is 0 Å². The summed E-state index contributed by atoms with van der Waals surface area (Å²) in [5, 5.41) is 0.178. The molecule has 0 aliphatic carbocycles. The molecule has 0 aromatic heterocycles. The van der Waals surface area contributed by atoms with Gasteiger partial charge in [-0.3, -0.25) is 0 Å². The van der Waals surface area contributed by atoms with Crippen molar-refractivity contribution in [2.75, 3.05) is 13.1 Å². The highest BCUT2D eigenvalue weighted by Gasteiger charge is 2.38. The molecular weight excluding hydrogens is 320 g/mol. The van der Waals surface area contributed by atoms with E-state index in [1.165, 1.54) is 0 Å². The number of ether oxygens (including phenoxy) is 1. The summed E-state index contributed by atoms with van der Waals surface area (Å²) in [6.07, 6.45) is 0.571. The second-order valence-corrected chi connectivity index (χ2v) is 14.1. The number of rotatable bonds is 7. The van der Waals surface area contributed by atoms with Crippen LogP contribution in [0.25, 0.3) is 0 Å². The molecule has 0 aliphatic heterocycles. The van der Waals surface area contributed by atoms with Crippen molar-refractivity contribution in [1.82, 2.24) is 4.90 Å². The summed E-state index contributed by atoms with van der Waals surface area (Å²) in [7, 11) is -1.80. The van der Waals surface area contributed by atoms with Gasteiger partial charge in [-0.1, -0.05) is 20.8 Å². The quantitative estimate of drug-likeness (QED) is 0.685. The molecule has 0 heterocycles. The molecule has 2 atom stereocenters. The largest absolute Gasteiger partial charge is 0.444 e. The van der Waals surface area contributed by atoms with Gasteiger partial charge in [0.15, 0.2) is 8.32 Å². The first-order chi connectivity index (χ1) is 10.5. The Hall–Kier alpha value is -0.593. The summed E-state index contributed by atoms with van der Waals surface area (Å²) in [5.41, 5.74) is 5.38. The van der Waals surface area contributed by atoms with E-state index in [0.717, 1.165) is 6.42 Å². The van der Waals surface area contributed by atoms with E-state index in [0.29, 0.717) is 13.1 Å². The van der Waals surface area contributed by atoms with Gasteiger partial charge >= 0.3 is 6.09 Å². The smallest absolute Gasteiger partial charge is 0.410 e. The van der Waals surface area contributed by atoms with E-state index in [4.69, 9.17) is 14.9 Å². The number of nitrogens with zero attached hydrogens (tertiary/aromatic N) is 1. The molecule has 0 unspecified atom stereocenters. The van der Waals surface area contributed by atoms with E-state index in [-0.39, 0.29) is 23.3 Å². The Labute approximate surface area is 150 Å². The van der Waals surface area contributed by atoms with Gasteiger partial charge in [0, 0.05) is 25.2 Å². The zero-order valence-electron chi connectivity index (χ0n) is 17.5. The molecular formula is C18H40N2O3Si. The molecule has 144 valence electrons. The molecule has 24 heavy (non-hydrogen) atoms. The van der Waals surface area contributed by atoms with Crippen molar-refractivity contribution in [2.24, 2.45) is 5.73 Å². The summed E-state index contributed by atoms with van der Waals surface area (Å²) in [6, 6.07) is -0.0888. The Morgan fingerprint density at radius 3 is 2.00 bits per heavy atom. The van der Waals surface area contributed by atoms with Gasteiger partial charge in [-0.15, -0.1) is 0 Å². The molecule has 0 saturated heterocycles. The van der Waals surface area contributed by atoms with Crippen LogP contribution in [0.4, 0.5) is 4.79 Å². The first kappa shape index (κ1) is 23.4. The highest BCUT2D eigenvalue weighted by molar-refractivity contribution is 6.74. The van der Waals surface area contributed by atoms with Crippen LogP contribution >= 0.6 is 0 Å². The molecule has 0 fully saturated rings. The summed E-state index contributed by atoms with van der Waals surface area (Å²) in [4.78, 5) is 14.1. The molecule has 2 N–H and O–H groups in total. The second-order valence-electron chi connectivity index (χ2n) is 9.38. The van der Waals surface area contributed by atoms with Crippen molar-refractivity contribution < 1.29 is 14.0 Å². The zero-order valence-corrected chi connectivity index (χ0v) is 18.5. The van der Waals surface area contributed by atoms with Crippen LogP contribution in [0.2, 0.25) is 18.1 Å². The molecule has 5 nitrogen and oxygen atoms in total. The van der Waals surface area contributed by atoms with Crippen LogP contribution in [-0.4, -0.2) is 50.1 Å². The number of nitrogens with two attached hydrogens (primary N) is 1. The predicted molar refractivity (Wildman–Crippen MR) is 104 cm³/mol. The molecule has 0 radical (unpaired) electrons. The third-order valence-corrected chi connectivity index (χ3v) is 8.87. The maximum absolute atomic E-state index is 12.4. The molecule has 6 heteroatoms. The third-order valence-electron chi connectivity index (χ3n) is 4.27. The fourth-order valence-electron chi connectivity index (χ4n) is 2.01. The molecule has 0 saturated carbocycles. The number of carbonyl (C=O) groups excluding carboxylic acids is 1. The van der Waals surface area contributed by atoms with Crippen molar-refractivity contribution in [2.45, 2.75) is 97.7 Å². The van der Waals surface area contributed by atoms with E-state index in [1.54, 1.807) is 4.90 Å². The molecule has 0 spiro atoms. The first-order valence-corrected chi connectivity index (χ1v) is 11.9. The second kappa shape index (κ2) is 8.67. The minimum Gasteiger partial charge on any atom is -0.444 e. The summed E-state index contributed by atoms with van der Waals surface area (Å²) < 4.78 is 11.9. The van der Waals surface area contributed by atoms with E-state index < -0.39 is 13.9 Å². The third kappa shape index (κ3) is 9.04.